The smallest absolute Gasteiger partial charge is 0.240 e. The molecule has 0 aliphatic rings. The van der Waals surface area contributed by atoms with Gasteiger partial charge in [-0.1, -0.05) is 25.1 Å². The lowest BCUT2D eigenvalue weighted by Gasteiger charge is -2.13. The van der Waals surface area contributed by atoms with Gasteiger partial charge in [0.1, 0.15) is 0 Å². The predicted octanol–water partition coefficient (Wildman–Crippen LogP) is 0.636. The highest BCUT2D eigenvalue weighted by atomic mass is 32.2. The molecule has 0 bridgehead atoms. The highest BCUT2D eigenvalue weighted by molar-refractivity contribution is 7.89. The van der Waals surface area contributed by atoms with E-state index < -0.39 is 10.0 Å². The molecule has 19 heavy (non-hydrogen) atoms. The zero-order valence-corrected chi connectivity index (χ0v) is 12.6. The summed E-state index contributed by atoms with van der Waals surface area (Å²) >= 11 is 0. The van der Waals surface area contributed by atoms with E-state index in [9.17, 15) is 8.42 Å². The average molecular weight is 285 g/mol. The van der Waals surface area contributed by atoms with Crippen LogP contribution in [0.2, 0.25) is 0 Å². The number of rotatable bonds is 8. The number of nitrogens with one attached hydrogen (secondary N) is 2. The second kappa shape index (κ2) is 7.59. The minimum Gasteiger partial charge on any atom is -0.313 e. The number of nitrogens with zero attached hydrogens (tertiary/aromatic N) is 1. The average Bonchev–Trinajstić information content (AvgIpc) is 2.36. The third-order valence-corrected chi connectivity index (χ3v) is 4.24. The van der Waals surface area contributed by atoms with E-state index in [1.165, 1.54) is 0 Å². The Bertz CT molecular complexity index is 486. The number of sulfonamides is 1. The van der Waals surface area contributed by atoms with Crippen molar-refractivity contribution in [3.63, 3.8) is 0 Å². The summed E-state index contributed by atoms with van der Waals surface area (Å²) in [6, 6.07) is 7.08. The number of hydrogen-bond donors (Lipinski definition) is 2. The van der Waals surface area contributed by atoms with E-state index in [4.69, 9.17) is 0 Å². The van der Waals surface area contributed by atoms with Gasteiger partial charge in [-0.3, -0.25) is 0 Å². The van der Waals surface area contributed by atoms with Crippen LogP contribution < -0.4 is 10.0 Å². The molecule has 1 aromatic carbocycles. The Balaban J connectivity index is 2.82. The molecule has 1 rings (SSSR count). The van der Waals surface area contributed by atoms with Gasteiger partial charge in [0.25, 0.3) is 0 Å². The minimum atomic E-state index is -3.43. The maximum Gasteiger partial charge on any atom is 0.240 e. The van der Waals surface area contributed by atoms with Crippen molar-refractivity contribution in [2.45, 2.75) is 18.4 Å². The summed E-state index contributed by atoms with van der Waals surface area (Å²) in [5.74, 6) is 0. The van der Waals surface area contributed by atoms with Gasteiger partial charge in [-0.25, -0.2) is 13.1 Å². The van der Waals surface area contributed by atoms with Crippen LogP contribution in [0, 0.1) is 0 Å². The molecule has 0 fully saturated rings. The number of likely N-dealkylation sites (N-methyl/N-ethyl adjacent to an activating group) is 1. The van der Waals surface area contributed by atoms with Gasteiger partial charge in [-0.15, -0.1) is 0 Å². The topological polar surface area (TPSA) is 61.4 Å². The summed E-state index contributed by atoms with van der Waals surface area (Å²) in [7, 11) is 0.387. The molecule has 5 nitrogen and oxygen atoms in total. The van der Waals surface area contributed by atoms with E-state index in [1.54, 1.807) is 12.1 Å². The van der Waals surface area contributed by atoms with Crippen molar-refractivity contribution in [1.82, 2.24) is 14.9 Å². The zero-order chi connectivity index (χ0) is 14.3. The van der Waals surface area contributed by atoms with E-state index in [1.807, 2.05) is 38.1 Å². The van der Waals surface area contributed by atoms with Crippen LogP contribution in [0.3, 0.4) is 0 Å². The van der Waals surface area contributed by atoms with E-state index in [2.05, 4.69) is 10.0 Å². The molecule has 0 atom stereocenters. The van der Waals surface area contributed by atoms with Crippen LogP contribution in [0.15, 0.2) is 29.2 Å². The molecule has 2 N–H and O–H groups in total. The summed E-state index contributed by atoms with van der Waals surface area (Å²) in [5.41, 5.74) is 0.793. The molecular weight excluding hydrogens is 262 g/mol. The van der Waals surface area contributed by atoms with Crippen LogP contribution in [0.4, 0.5) is 0 Å². The van der Waals surface area contributed by atoms with Crippen molar-refractivity contribution >= 4 is 10.0 Å². The fraction of sp³-hybridized carbons (Fsp3) is 0.538. The molecule has 0 radical (unpaired) electrons. The van der Waals surface area contributed by atoms with Gasteiger partial charge < -0.3 is 10.2 Å². The van der Waals surface area contributed by atoms with Gasteiger partial charge in [0.2, 0.25) is 10.0 Å². The van der Waals surface area contributed by atoms with Gasteiger partial charge in [0, 0.05) is 19.6 Å². The fourth-order valence-corrected chi connectivity index (χ4v) is 2.91. The Morgan fingerprint density at radius 2 is 1.89 bits per heavy atom. The van der Waals surface area contributed by atoms with E-state index >= 15 is 0 Å². The van der Waals surface area contributed by atoms with Crippen molar-refractivity contribution in [3.8, 4) is 0 Å². The molecule has 6 heteroatoms. The first kappa shape index (κ1) is 16.1. The highest BCUT2D eigenvalue weighted by Gasteiger charge is 2.17. The lowest BCUT2D eigenvalue weighted by Crippen LogP contribution is -2.32. The van der Waals surface area contributed by atoms with E-state index in [-0.39, 0.29) is 0 Å². The zero-order valence-electron chi connectivity index (χ0n) is 11.8. The lowest BCUT2D eigenvalue weighted by molar-refractivity contribution is 0.412. The summed E-state index contributed by atoms with van der Waals surface area (Å²) in [6.45, 7) is 4.44. The Morgan fingerprint density at radius 1 is 1.21 bits per heavy atom. The summed E-state index contributed by atoms with van der Waals surface area (Å²) in [6.07, 6.45) is 0. The highest BCUT2D eigenvalue weighted by Crippen LogP contribution is 2.14. The maximum absolute atomic E-state index is 12.2. The van der Waals surface area contributed by atoms with E-state index in [0.717, 1.165) is 12.1 Å². The standard InChI is InChI=1S/C13H23N3O2S/c1-4-14-11-12-7-5-6-8-13(12)19(17,18)15-9-10-16(2)3/h5-8,14-15H,4,9-11H2,1-3H3. The van der Waals surface area contributed by atoms with Crippen molar-refractivity contribution in [2.75, 3.05) is 33.7 Å². The Morgan fingerprint density at radius 3 is 2.53 bits per heavy atom. The summed E-state index contributed by atoms with van der Waals surface area (Å²) in [4.78, 5) is 2.29. The SMILES string of the molecule is CCNCc1ccccc1S(=O)(=O)NCCN(C)C. The monoisotopic (exact) mass is 285 g/mol. The molecule has 0 saturated carbocycles. The largest absolute Gasteiger partial charge is 0.313 e. The Hall–Kier alpha value is -0.950. The normalized spacial score (nSPS) is 12.0. The maximum atomic E-state index is 12.2. The van der Waals surface area contributed by atoms with Crippen molar-refractivity contribution < 1.29 is 8.42 Å². The van der Waals surface area contributed by atoms with Crippen LogP contribution in [0.5, 0.6) is 0 Å². The van der Waals surface area contributed by atoms with Gasteiger partial charge in [-0.05, 0) is 32.3 Å². The fourth-order valence-electron chi connectivity index (χ4n) is 1.65. The van der Waals surface area contributed by atoms with Crippen LogP contribution in [0.25, 0.3) is 0 Å². The predicted molar refractivity (Wildman–Crippen MR) is 77.6 cm³/mol. The van der Waals surface area contributed by atoms with Gasteiger partial charge in [-0.2, -0.15) is 0 Å². The second-order valence-electron chi connectivity index (χ2n) is 4.59. The third kappa shape index (κ3) is 5.28. The third-order valence-electron chi connectivity index (χ3n) is 2.68. The molecule has 0 aliphatic carbocycles. The molecule has 0 unspecified atom stereocenters. The molecule has 0 aromatic heterocycles. The van der Waals surface area contributed by atoms with Gasteiger partial charge in [0.15, 0.2) is 0 Å². The molecule has 1 aromatic rings. The second-order valence-corrected chi connectivity index (χ2v) is 6.32. The van der Waals surface area contributed by atoms with Crippen LogP contribution >= 0.6 is 0 Å². The van der Waals surface area contributed by atoms with Crippen molar-refractivity contribution in [3.05, 3.63) is 29.8 Å². The van der Waals surface area contributed by atoms with Crippen LogP contribution in [-0.4, -0.2) is 47.0 Å². The molecule has 108 valence electrons. The number of benzene rings is 1. The first-order valence-electron chi connectivity index (χ1n) is 6.40. The molecular formula is C13H23N3O2S. The Labute approximate surface area is 116 Å². The lowest BCUT2D eigenvalue weighted by atomic mass is 10.2. The summed E-state index contributed by atoms with van der Waals surface area (Å²) in [5, 5.41) is 3.15. The molecule has 0 spiro atoms. The van der Waals surface area contributed by atoms with E-state index in [0.29, 0.717) is 24.5 Å². The molecule has 0 heterocycles. The summed E-state index contributed by atoms with van der Waals surface area (Å²) < 4.78 is 27.1. The van der Waals surface area contributed by atoms with Crippen molar-refractivity contribution in [1.29, 1.82) is 0 Å². The van der Waals surface area contributed by atoms with Gasteiger partial charge in [0.05, 0.1) is 4.90 Å². The van der Waals surface area contributed by atoms with Crippen LogP contribution in [0.1, 0.15) is 12.5 Å². The molecule has 0 aliphatic heterocycles. The molecule has 0 saturated heterocycles. The molecule has 0 amide bonds. The number of hydrogen-bond acceptors (Lipinski definition) is 4. The Kier molecular flexibility index (Phi) is 6.44. The minimum absolute atomic E-state index is 0.356. The first-order chi connectivity index (χ1) is 8.97. The van der Waals surface area contributed by atoms with Crippen molar-refractivity contribution in [2.24, 2.45) is 0 Å². The quantitative estimate of drug-likeness (QED) is 0.736. The first-order valence-corrected chi connectivity index (χ1v) is 7.88. The van der Waals surface area contributed by atoms with Crippen LogP contribution in [-0.2, 0) is 16.6 Å². The van der Waals surface area contributed by atoms with Gasteiger partial charge >= 0.3 is 0 Å².